The Bertz CT molecular complexity index is 444. The predicted octanol–water partition coefficient (Wildman–Crippen LogP) is 2.61. The molecule has 0 spiro atoms. The summed E-state index contributed by atoms with van der Waals surface area (Å²) in [5.41, 5.74) is 2.65. The average molecular weight is 217 g/mol. The Morgan fingerprint density at radius 3 is 2.62 bits per heavy atom. The Balaban J connectivity index is 3.28. The van der Waals surface area contributed by atoms with Crippen molar-refractivity contribution in [1.29, 1.82) is 5.26 Å². The molecule has 3 heteroatoms. The Labute approximate surface area is 95.7 Å². The van der Waals surface area contributed by atoms with Crippen LogP contribution in [0.1, 0.15) is 40.9 Å². The number of nitriles is 1. The van der Waals surface area contributed by atoms with Gasteiger partial charge in [0.15, 0.2) is 0 Å². The van der Waals surface area contributed by atoms with E-state index in [1.165, 1.54) is 0 Å². The van der Waals surface area contributed by atoms with Crippen molar-refractivity contribution in [2.24, 2.45) is 0 Å². The number of benzene rings is 1. The fourth-order valence-electron chi connectivity index (χ4n) is 1.63. The summed E-state index contributed by atoms with van der Waals surface area (Å²) in [6.07, 6.45) is 0.846. The number of esters is 1. The molecule has 0 aliphatic carbocycles. The number of aryl methyl sites for hydroxylation is 2. The first kappa shape index (κ1) is 12.3. The second-order valence-electron chi connectivity index (χ2n) is 3.52. The zero-order chi connectivity index (χ0) is 12.1. The number of hydrogen-bond acceptors (Lipinski definition) is 3. The van der Waals surface area contributed by atoms with Crippen molar-refractivity contribution in [2.75, 3.05) is 6.61 Å². The molecule has 1 aromatic carbocycles. The molecular weight excluding hydrogens is 202 g/mol. The van der Waals surface area contributed by atoms with E-state index in [4.69, 9.17) is 10.00 Å². The Morgan fingerprint density at radius 2 is 2.12 bits per heavy atom. The summed E-state index contributed by atoms with van der Waals surface area (Å²) in [6.45, 7) is 5.91. The molecule has 0 bridgehead atoms. The number of ether oxygens (including phenoxy) is 1. The molecule has 0 unspecified atom stereocenters. The van der Waals surface area contributed by atoms with E-state index in [1.54, 1.807) is 13.0 Å². The highest BCUT2D eigenvalue weighted by Crippen LogP contribution is 2.18. The lowest BCUT2D eigenvalue weighted by Crippen LogP contribution is -2.09. The third kappa shape index (κ3) is 2.40. The average Bonchev–Trinajstić information content (AvgIpc) is 2.27. The van der Waals surface area contributed by atoms with Crippen molar-refractivity contribution in [3.05, 3.63) is 34.4 Å². The van der Waals surface area contributed by atoms with Crippen molar-refractivity contribution in [2.45, 2.75) is 27.2 Å². The Hall–Kier alpha value is -1.82. The molecule has 0 atom stereocenters. The van der Waals surface area contributed by atoms with E-state index >= 15 is 0 Å². The Morgan fingerprint density at radius 1 is 1.44 bits per heavy atom. The Kier molecular flexibility index (Phi) is 4.07. The summed E-state index contributed by atoms with van der Waals surface area (Å²) >= 11 is 0. The largest absolute Gasteiger partial charge is 0.462 e. The fourth-order valence-corrected chi connectivity index (χ4v) is 1.63. The van der Waals surface area contributed by atoms with Gasteiger partial charge in [0, 0.05) is 0 Å². The lowest BCUT2D eigenvalue weighted by Gasteiger charge is -2.09. The van der Waals surface area contributed by atoms with Crippen molar-refractivity contribution >= 4 is 5.97 Å². The van der Waals surface area contributed by atoms with Crippen LogP contribution in [0.5, 0.6) is 0 Å². The molecule has 0 N–H and O–H groups in total. The van der Waals surface area contributed by atoms with E-state index in [0.29, 0.717) is 17.7 Å². The van der Waals surface area contributed by atoms with Crippen LogP contribution in [0, 0.1) is 18.3 Å². The van der Waals surface area contributed by atoms with E-state index < -0.39 is 5.97 Å². The van der Waals surface area contributed by atoms with Gasteiger partial charge in [-0.15, -0.1) is 0 Å². The first-order valence-corrected chi connectivity index (χ1v) is 5.34. The van der Waals surface area contributed by atoms with Gasteiger partial charge in [-0.05, 0) is 37.5 Å². The quantitative estimate of drug-likeness (QED) is 0.731. The van der Waals surface area contributed by atoms with Crippen LogP contribution >= 0.6 is 0 Å². The lowest BCUT2D eigenvalue weighted by atomic mass is 9.98. The third-order valence-electron chi connectivity index (χ3n) is 2.40. The summed E-state index contributed by atoms with van der Waals surface area (Å²) < 4.78 is 4.93. The first-order valence-electron chi connectivity index (χ1n) is 5.34. The normalized spacial score (nSPS) is 9.62. The molecule has 0 heterocycles. The summed E-state index contributed by atoms with van der Waals surface area (Å²) in [6, 6.07) is 5.72. The molecule has 16 heavy (non-hydrogen) atoms. The molecule has 0 amide bonds. The summed E-state index contributed by atoms with van der Waals surface area (Å²) in [7, 11) is 0. The maximum absolute atomic E-state index is 11.7. The number of carbonyl (C=O) groups excluding carboxylic acids is 1. The van der Waals surface area contributed by atoms with Crippen LogP contribution in [0.3, 0.4) is 0 Å². The van der Waals surface area contributed by atoms with Crippen LogP contribution in [-0.4, -0.2) is 12.6 Å². The van der Waals surface area contributed by atoms with Gasteiger partial charge in [0.1, 0.15) is 6.07 Å². The SMILES string of the molecule is CCOC(=O)c1c(C)cc(CC)cc1C#N. The van der Waals surface area contributed by atoms with Gasteiger partial charge >= 0.3 is 5.97 Å². The maximum atomic E-state index is 11.7. The van der Waals surface area contributed by atoms with Crippen LogP contribution < -0.4 is 0 Å². The van der Waals surface area contributed by atoms with Gasteiger partial charge in [-0.2, -0.15) is 5.26 Å². The zero-order valence-electron chi connectivity index (χ0n) is 9.83. The molecule has 0 saturated carbocycles. The molecule has 0 aromatic heterocycles. The minimum Gasteiger partial charge on any atom is -0.462 e. The van der Waals surface area contributed by atoms with Gasteiger partial charge < -0.3 is 4.74 Å². The van der Waals surface area contributed by atoms with Gasteiger partial charge in [-0.25, -0.2) is 4.79 Å². The van der Waals surface area contributed by atoms with E-state index in [1.807, 2.05) is 26.0 Å². The molecule has 0 fully saturated rings. The molecular formula is C13H15NO2. The number of rotatable bonds is 3. The summed E-state index contributed by atoms with van der Waals surface area (Å²) in [5, 5.41) is 9.02. The molecule has 0 radical (unpaired) electrons. The minimum atomic E-state index is -0.417. The maximum Gasteiger partial charge on any atom is 0.339 e. The minimum absolute atomic E-state index is 0.318. The molecule has 0 aliphatic rings. The van der Waals surface area contributed by atoms with E-state index in [-0.39, 0.29) is 0 Å². The molecule has 3 nitrogen and oxygen atoms in total. The first-order chi connectivity index (χ1) is 7.63. The lowest BCUT2D eigenvalue weighted by molar-refractivity contribution is 0.0525. The van der Waals surface area contributed by atoms with Gasteiger partial charge in [-0.1, -0.05) is 13.0 Å². The highest BCUT2D eigenvalue weighted by molar-refractivity contribution is 5.94. The number of nitrogens with zero attached hydrogens (tertiary/aromatic N) is 1. The second-order valence-corrected chi connectivity index (χ2v) is 3.52. The van der Waals surface area contributed by atoms with Crippen LogP contribution in [-0.2, 0) is 11.2 Å². The smallest absolute Gasteiger partial charge is 0.339 e. The summed E-state index contributed by atoms with van der Waals surface area (Å²) in [5.74, 6) is -0.417. The van der Waals surface area contributed by atoms with E-state index in [2.05, 4.69) is 0 Å². The highest BCUT2D eigenvalue weighted by Gasteiger charge is 2.16. The van der Waals surface area contributed by atoms with Crippen LogP contribution in [0.2, 0.25) is 0 Å². The number of carbonyl (C=O) groups is 1. The van der Waals surface area contributed by atoms with Gasteiger partial charge in [-0.3, -0.25) is 0 Å². The fraction of sp³-hybridized carbons (Fsp3) is 0.385. The van der Waals surface area contributed by atoms with Crippen LogP contribution in [0.4, 0.5) is 0 Å². The molecule has 0 saturated heterocycles. The van der Waals surface area contributed by atoms with Crippen LogP contribution in [0.15, 0.2) is 12.1 Å². The van der Waals surface area contributed by atoms with E-state index in [9.17, 15) is 4.79 Å². The predicted molar refractivity (Wildman–Crippen MR) is 61.2 cm³/mol. The monoisotopic (exact) mass is 217 g/mol. The van der Waals surface area contributed by atoms with Crippen molar-refractivity contribution in [3.8, 4) is 6.07 Å². The van der Waals surface area contributed by atoms with Gasteiger partial charge in [0.2, 0.25) is 0 Å². The van der Waals surface area contributed by atoms with E-state index in [0.717, 1.165) is 17.5 Å². The van der Waals surface area contributed by atoms with Crippen molar-refractivity contribution in [1.82, 2.24) is 0 Å². The standard InChI is InChI=1S/C13H15NO2/c1-4-10-6-9(3)12(11(7-10)8-14)13(15)16-5-2/h6-7H,4-5H2,1-3H3. The second kappa shape index (κ2) is 5.32. The third-order valence-corrected chi connectivity index (χ3v) is 2.40. The number of hydrogen-bond donors (Lipinski definition) is 0. The van der Waals surface area contributed by atoms with Crippen molar-refractivity contribution < 1.29 is 9.53 Å². The van der Waals surface area contributed by atoms with Gasteiger partial charge in [0.25, 0.3) is 0 Å². The highest BCUT2D eigenvalue weighted by atomic mass is 16.5. The van der Waals surface area contributed by atoms with Crippen molar-refractivity contribution in [3.63, 3.8) is 0 Å². The zero-order valence-corrected chi connectivity index (χ0v) is 9.83. The topological polar surface area (TPSA) is 50.1 Å². The molecule has 0 aliphatic heterocycles. The van der Waals surface area contributed by atoms with Crippen LogP contribution in [0.25, 0.3) is 0 Å². The molecule has 1 rings (SSSR count). The molecule has 84 valence electrons. The van der Waals surface area contributed by atoms with Gasteiger partial charge in [0.05, 0.1) is 17.7 Å². The molecule has 1 aromatic rings. The summed E-state index contributed by atoms with van der Waals surface area (Å²) in [4.78, 5) is 11.7.